The van der Waals surface area contributed by atoms with Gasteiger partial charge in [0.05, 0.1) is 13.1 Å². The topological polar surface area (TPSA) is 8.81 Å². The molecule has 0 fully saturated rings. The third-order valence-electron chi connectivity index (χ3n) is 8.60. The largest absolute Gasteiger partial charge is 0.256 e. The Morgan fingerprint density at radius 2 is 0.816 bits per heavy atom. The molecule has 0 aliphatic heterocycles. The molecule has 0 amide bonds. The molecule has 1 aromatic heterocycles. The van der Waals surface area contributed by atoms with Gasteiger partial charge in [0.2, 0.25) is 0 Å². The summed E-state index contributed by atoms with van der Waals surface area (Å²) in [5.74, 6) is 1.60. The van der Waals surface area contributed by atoms with Gasteiger partial charge < -0.3 is 0 Å². The smallest absolute Gasteiger partial charge is 0.234 e. The molecule has 0 unspecified atom stereocenters. The molecule has 2 nitrogen and oxygen atoms in total. The van der Waals surface area contributed by atoms with E-state index in [0.29, 0.717) is 0 Å². The highest BCUT2D eigenvalue weighted by Gasteiger charge is 2.16. The van der Waals surface area contributed by atoms with E-state index < -0.39 is 0 Å². The molecule has 1 rings (SSSR count). The lowest BCUT2D eigenvalue weighted by Gasteiger charge is -2.07. The van der Waals surface area contributed by atoms with Gasteiger partial charge in [-0.25, -0.2) is 9.13 Å². The van der Waals surface area contributed by atoms with Crippen molar-refractivity contribution in [3.63, 3.8) is 0 Å². The van der Waals surface area contributed by atoms with Crippen LogP contribution in [0.3, 0.4) is 0 Å². The number of aryl methyl sites for hydroxylation is 2. The molecule has 0 saturated carbocycles. The van der Waals surface area contributed by atoms with Crippen molar-refractivity contribution in [2.45, 2.75) is 214 Å². The van der Waals surface area contributed by atoms with Gasteiger partial charge in [-0.15, -0.1) is 0 Å². The Morgan fingerprint density at radius 1 is 0.447 bits per heavy atom. The molecule has 1 heterocycles. The van der Waals surface area contributed by atoms with Gasteiger partial charge in [0.25, 0.3) is 5.82 Å². The monoisotopic (exact) mass is 532 g/mol. The number of imidazole rings is 1. The van der Waals surface area contributed by atoms with E-state index in [-0.39, 0.29) is 0 Å². The van der Waals surface area contributed by atoms with Gasteiger partial charge in [0.1, 0.15) is 12.4 Å². The lowest BCUT2D eigenvalue weighted by atomic mass is 10.0. The number of unbranched alkanes of at least 4 members (excludes halogenated alkanes) is 24. The van der Waals surface area contributed by atoms with Crippen LogP contribution in [0.25, 0.3) is 0 Å². The molecule has 0 spiro atoms. The molecule has 38 heavy (non-hydrogen) atoms. The molecule has 0 atom stereocenters. The zero-order valence-electron chi connectivity index (χ0n) is 26.8. The summed E-state index contributed by atoms with van der Waals surface area (Å²) in [7, 11) is 0. The molecule has 224 valence electrons. The maximum absolute atomic E-state index is 2.60. The quantitative estimate of drug-likeness (QED) is 0.0689. The van der Waals surface area contributed by atoms with Gasteiger partial charge >= 0.3 is 0 Å². The van der Waals surface area contributed by atoms with Gasteiger partial charge in [0, 0.05) is 6.42 Å². The average molecular weight is 532 g/mol. The first-order valence-corrected chi connectivity index (χ1v) is 17.9. The van der Waals surface area contributed by atoms with Crippen molar-refractivity contribution in [3.8, 4) is 0 Å². The van der Waals surface area contributed by atoms with Crippen LogP contribution < -0.4 is 4.57 Å². The van der Waals surface area contributed by atoms with Crippen LogP contribution in [0.4, 0.5) is 0 Å². The first-order valence-electron chi connectivity index (χ1n) is 17.9. The van der Waals surface area contributed by atoms with E-state index in [0.717, 1.165) is 0 Å². The van der Waals surface area contributed by atoms with Crippen molar-refractivity contribution in [3.05, 3.63) is 18.2 Å². The summed E-state index contributed by atoms with van der Waals surface area (Å²) in [6.07, 6.45) is 44.5. The van der Waals surface area contributed by atoms with Gasteiger partial charge in [-0.1, -0.05) is 168 Å². The van der Waals surface area contributed by atoms with Crippen LogP contribution in [-0.2, 0) is 19.5 Å². The third-order valence-corrected chi connectivity index (χ3v) is 8.60. The highest BCUT2D eigenvalue weighted by molar-refractivity contribution is 4.84. The predicted octanol–water partition coefficient (Wildman–Crippen LogP) is 11.9. The van der Waals surface area contributed by atoms with Crippen LogP contribution in [0.15, 0.2) is 12.4 Å². The van der Waals surface area contributed by atoms with E-state index in [1.165, 1.54) is 193 Å². The third kappa shape index (κ3) is 20.2. The van der Waals surface area contributed by atoms with Crippen LogP contribution in [0.2, 0.25) is 0 Å². The van der Waals surface area contributed by atoms with Crippen molar-refractivity contribution in [2.24, 2.45) is 0 Å². The van der Waals surface area contributed by atoms with Gasteiger partial charge in [-0.2, -0.15) is 0 Å². The molecule has 0 aliphatic rings. The summed E-state index contributed by atoms with van der Waals surface area (Å²) in [5.41, 5.74) is 0. The summed E-state index contributed by atoms with van der Waals surface area (Å²) in [5, 5.41) is 0. The van der Waals surface area contributed by atoms with E-state index in [1.807, 2.05) is 0 Å². The van der Waals surface area contributed by atoms with Crippen molar-refractivity contribution in [1.29, 1.82) is 0 Å². The Hall–Kier alpha value is -0.790. The minimum Gasteiger partial charge on any atom is -0.234 e. The molecule has 0 aromatic carbocycles. The number of hydrogen-bond donors (Lipinski definition) is 0. The van der Waals surface area contributed by atoms with Crippen molar-refractivity contribution in [1.82, 2.24) is 4.57 Å². The van der Waals surface area contributed by atoms with E-state index in [4.69, 9.17) is 0 Å². The number of hydrogen-bond acceptors (Lipinski definition) is 0. The fourth-order valence-electron chi connectivity index (χ4n) is 5.94. The first-order chi connectivity index (χ1) is 18.8. The molecule has 0 N–H and O–H groups in total. The lowest BCUT2D eigenvalue weighted by molar-refractivity contribution is -0.704. The minimum atomic E-state index is 1.20. The summed E-state index contributed by atoms with van der Waals surface area (Å²) in [6, 6.07) is 0. The highest BCUT2D eigenvalue weighted by Crippen LogP contribution is 2.15. The Kier molecular flexibility index (Phi) is 25.7. The summed E-state index contributed by atoms with van der Waals surface area (Å²) >= 11 is 0. The second-order valence-corrected chi connectivity index (χ2v) is 12.3. The maximum atomic E-state index is 2.60. The molecule has 0 aliphatic carbocycles. The average Bonchev–Trinajstić information content (AvgIpc) is 3.31. The lowest BCUT2D eigenvalue weighted by Crippen LogP contribution is -2.37. The standard InChI is InChI=1S/C36H71N2/c1-4-7-10-12-14-16-18-19-20-21-23-25-27-29-31-36-37(32-9-6-3)34-35-38(36)33-30-28-26-24-22-17-15-13-11-8-5-2/h34-35H,4-33H2,1-3H3/q+1. The van der Waals surface area contributed by atoms with Crippen LogP contribution in [0.1, 0.15) is 200 Å². The van der Waals surface area contributed by atoms with Crippen LogP contribution >= 0.6 is 0 Å². The van der Waals surface area contributed by atoms with Crippen LogP contribution in [-0.4, -0.2) is 4.57 Å². The second kappa shape index (κ2) is 27.8. The predicted molar refractivity (Wildman–Crippen MR) is 170 cm³/mol. The SMILES string of the molecule is CCCCCCCCCCCCCCCCc1n(CCCC)cc[n+]1CCCCCCCCCCCCC. The van der Waals surface area contributed by atoms with Gasteiger partial charge in [-0.05, 0) is 25.7 Å². The normalized spacial score (nSPS) is 11.6. The Bertz CT molecular complexity index is 590. The summed E-state index contributed by atoms with van der Waals surface area (Å²) in [4.78, 5) is 0. The second-order valence-electron chi connectivity index (χ2n) is 12.3. The fourth-order valence-corrected chi connectivity index (χ4v) is 5.94. The zero-order chi connectivity index (χ0) is 27.4. The van der Waals surface area contributed by atoms with Crippen molar-refractivity contribution >= 4 is 0 Å². The van der Waals surface area contributed by atoms with Gasteiger partial charge in [-0.3, -0.25) is 0 Å². The molecule has 0 radical (unpaired) electrons. The first kappa shape index (κ1) is 35.2. The Labute approximate surface area is 240 Å². The van der Waals surface area contributed by atoms with Crippen molar-refractivity contribution < 1.29 is 4.57 Å². The minimum absolute atomic E-state index is 1.20. The van der Waals surface area contributed by atoms with Gasteiger partial charge in [0.15, 0.2) is 0 Å². The summed E-state index contributed by atoms with van der Waals surface area (Å²) in [6.45, 7) is 9.36. The number of aromatic nitrogens is 2. The molecule has 0 saturated heterocycles. The van der Waals surface area contributed by atoms with E-state index in [9.17, 15) is 0 Å². The van der Waals surface area contributed by atoms with Crippen LogP contribution in [0, 0.1) is 0 Å². The van der Waals surface area contributed by atoms with E-state index in [2.05, 4.69) is 42.3 Å². The number of nitrogens with zero attached hydrogens (tertiary/aromatic N) is 2. The van der Waals surface area contributed by atoms with E-state index >= 15 is 0 Å². The van der Waals surface area contributed by atoms with Crippen LogP contribution in [0.5, 0.6) is 0 Å². The molecular formula is C36H71N2+. The summed E-state index contributed by atoms with van der Waals surface area (Å²) < 4.78 is 5.18. The molecule has 0 bridgehead atoms. The molecule has 2 heteroatoms. The Balaban J connectivity index is 2.12. The highest BCUT2D eigenvalue weighted by atomic mass is 15.1. The molecule has 1 aromatic rings. The Morgan fingerprint density at radius 3 is 1.24 bits per heavy atom. The zero-order valence-corrected chi connectivity index (χ0v) is 26.8. The molecular weight excluding hydrogens is 460 g/mol. The fraction of sp³-hybridized carbons (Fsp3) is 0.917. The van der Waals surface area contributed by atoms with Crippen molar-refractivity contribution in [2.75, 3.05) is 0 Å². The number of rotatable bonds is 30. The van der Waals surface area contributed by atoms with E-state index in [1.54, 1.807) is 5.82 Å². The maximum Gasteiger partial charge on any atom is 0.256 e.